The van der Waals surface area contributed by atoms with Crippen LogP contribution in [0.15, 0.2) is 91.0 Å². The quantitative estimate of drug-likeness (QED) is 0.0847. The molecule has 0 bridgehead atoms. The number of ether oxygens (including phenoxy) is 2. The average Bonchev–Trinajstić information content (AvgIpc) is 3.04. The van der Waals surface area contributed by atoms with E-state index in [1.807, 2.05) is 124 Å². The molecular formula is C36H50N2O7P+. The van der Waals surface area contributed by atoms with Crippen LogP contribution in [0.2, 0.25) is 0 Å². The van der Waals surface area contributed by atoms with Crippen molar-refractivity contribution in [2.75, 3.05) is 27.0 Å². The maximum absolute atomic E-state index is 11.9. The molecule has 0 saturated heterocycles. The van der Waals surface area contributed by atoms with Crippen molar-refractivity contribution in [3.63, 3.8) is 0 Å². The summed E-state index contributed by atoms with van der Waals surface area (Å²) in [6.45, 7) is 9.12. The second-order valence-electron chi connectivity index (χ2n) is 12.3. The molecule has 0 spiro atoms. The summed E-state index contributed by atoms with van der Waals surface area (Å²) in [7, 11) is -1.73. The Morgan fingerprint density at radius 1 is 0.761 bits per heavy atom. The van der Waals surface area contributed by atoms with Crippen LogP contribution in [0.3, 0.4) is 0 Å². The number of benzene rings is 3. The van der Waals surface area contributed by atoms with E-state index in [2.05, 4.69) is 6.07 Å². The highest BCUT2D eigenvalue weighted by Crippen LogP contribution is 2.63. The predicted molar refractivity (Wildman–Crippen MR) is 181 cm³/mol. The van der Waals surface area contributed by atoms with Crippen molar-refractivity contribution in [3.8, 4) is 6.07 Å². The number of hydrogen-bond acceptors (Lipinski definition) is 9. The van der Waals surface area contributed by atoms with Crippen molar-refractivity contribution in [1.29, 1.82) is 5.26 Å². The summed E-state index contributed by atoms with van der Waals surface area (Å²) in [5.41, 5.74) is -1.24. The SMILES string of the molecule is COC(OC)(O[P+](O)(O)CC(C)CC(O)CO)C(C#N)(N(C(C)C)C(C)C)C(c1ccccc1)(c1ccccc1)c1ccccc1. The minimum absolute atomic E-state index is 0.102. The van der Waals surface area contributed by atoms with Crippen LogP contribution in [-0.2, 0) is 19.4 Å². The highest BCUT2D eigenvalue weighted by molar-refractivity contribution is 7.59. The van der Waals surface area contributed by atoms with Crippen LogP contribution < -0.4 is 0 Å². The smallest absolute Gasteiger partial charge is 0.394 e. The fourth-order valence-electron chi connectivity index (χ4n) is 7.12. The van der Waals surface area contributed by atoms with Crippen molar-refractivity contribution >= 4 is 7.94 Å². The van der Waals surface area contributed by atoms with Gasteiger partial charge in [0.1, 0.15) is 6.16 Å². The van der Waals surface area contributed by atoms with Gasteiger partial charge in [-0.05, 0) is 50.8 Å². The molecular weight excluding hydrogens is 603 g/mol. The number of nitrogens with zero attached hydrogens (tertiary/aromatic N) is 2. The van der Waals surface area contributed by atoms with Crippen LogP contribution in [-0.4, -0.2) is 81.6 Å². The lowest BCUT2D eigenvalue weighted by Crippen LogP contribution is -2.78. The molecule has 0 saturated carbocycles. The maximum atomic E-state index is 11.9. The lowest BCUT2D eigenvalue weighted by molar-refractivity contribution is -0.382. The van der Waals surface area contributed by atoms with Crippen LogP contribution in [0, 0.1) is 17.2 Å². The van der Waals surface area contributed by atoms with E-state index in [-0.39, 0.29) is 24.7 Å². The standard InChI is InChI=1S/C36H50N2O7P/c1-27(2)38(28(3)4)34(26-37,36(43-6,44-7)45-46(41,42)25-29(5)23-33(40)24-39)35(30-17-11-8-12-18-30,31-19-13-9-14-20-31)32-21-15-10-16-22-32/h8-22,27-29,33,39-42H,23-25H2,1-7H3/q+1. The molecule has 0 radical (unpaired) electrons. The molecule has 0 aliphatic heterocycles. The predicted octanol–water partition coefficient (Wildman–Crippen LogP) is 5.49. The van der Waals surface area contributed by atoms with Crippen LogP contribution in [0.4, 0.5) is 0 Å². The minimum atomic E-state index is -4.39. The summed E-state index contributed by atoms with van der Waals surface area (Å²) in [5.74, 6) is -2.88. The Bertz CT molecular complexity index is 1280. The number of aliphatic hydroxyl groups is 2. The van der Waals surface area contributed by atoms with Crippen molar-refractivity contribution in [2.45, 2.75) is 76.2 Å². The van der Waals surface area contributed by atoms with Gasteiger partial charge in [0.2, 0.25) is 5.54 Å². The molecule has 0 amide bonds. The molecule has 3 rings (SSSR count). The molecule has 46 heavy (non-hydrogen) atoms. The molecule has 3 unspecified atom stereocenters. The van der Waals surface area contributed by atoms with Crippen molar-refractivity contribution in [1.82, 2.24) is 4.90 Å². The lowest BCUT2D eigenvalue weighted by atomic mass is 9.55. The van der Waals surface area contributed by atoms with E-state index < -0.39 is 43.5 Å². The molecule has 3 aromatic rings. The first kappa shape index (κ1) is 37.7. The molecule has 0 aromatic heterocycles. The van der Waals surface area contributed by atoms with Gasteiger partial charge in [0.25, 0.3) is 0 Å². The van der Waals surface area contributed by atoms with E-state index in [0.717, 1.165) is 16.7 Å². The highest BCUT2D eigenvalue weighted by Gasteiger charge is 2.76. The first-order chi connectivity index (χ1) is 21.8. The third kappa shape index (κ3) is 7.07. The van der Waals surface area contributed by atoms with Gasteiger partial charge >= 0.3 is 13.9 Å². The summed E-state index contributed by atoms with van der Waals surface area (Å²) < 4.78 is 18.8. The van der Waals surface area contributed by atoms with Crippen molar-refractivity contribution < 1.29 is 34.0 Å². The van der Waals surface area contributed by atoms with E-state index in [4.69, 9.17) is 14.0 Å². The zero-order chi connectivity index (χ0) is 34.2. The van der Waals surface area contributed by atoms with Crippen molar-refractivity contribution in [2.24, 2.45) is 5.92 Å². The number of methoxy groups -OCH3 is 2. The van der Waals surface area contributed by atoms with Gasteiger partial charge in [-0.1, -0.05) is 97.9 Å². The Labute approximate surface area is 274 Å². The van der Waals surface area contributed by atoms with Crippen LogP contribution in [0.25, 0.3) is 0 Å². The Hall–Kier alpha value is -2.74. The molecule has 9 nitrogen and oxygen atoms in total. The molecule has 250 valence electrons. The molecule has 10 heteroatoms. The van der Waals surface area contributed by atoms with E-state index >= 15 is 0 Å². The second-order valence-corrected chi connectivity index (χ2v) is 14.2. The summed E-state index contributed by atoms with van der Waals surface area (Å²) >= 11 is 0. The minimum Gasteiger partial charge on any atom is -0.394 e. The maximum Gasteiger partial charge on any atom is 0.412 e. The van der Waals surface area contributed by atoms with Gasteiger partial charge in [-0.2, -0.15) is 15.0 Å². The van der Waals surface area contributed by atoms with E-state index in [9.17, 15) is 25.3 Å². The zero-order valence-corrected chi connectivity index (χ0v) is 28.8. The van der Waals surface area contributed by atoms with Crippen molar-refractivity contribution in [3.05, 3.63) is 108 Å². The van der Waals surface area contributed by atoms with Gasteiger partial charge in [-0.25, -0.2) is 0 Å². The Morgan fingerprint density at radius 3 is 1.46 bits per heavy atom. The number of aliphatic hydroxyl groups excluding tert-OH is 2. The summed E-state index contributed by atoms with van der Waals surface area (Å²) in [4.78, 5) is 25.3. The van der Waals surface area contributed by atoms with Gasteiger partial charge < -0.3 is 19.7 Å². The Kier molecular flexibility index (Phi) is 13.0. The van der Waals surface area contributed by atoms with E-state index in [1.54, 1.807) is 6.92 Å². The van der Waals surface area contributed by atoms with Gasteiger partial charge in [-0.15, -0.1) is 4.52 Å². The topological polar surface area (TPSA) is 136 Å². The normalized spacial score (nSPS) is 15.5. The lowest BCUT2D eigenvalue weighted by Gasteiger charge is -2.59. The molecule has 4 N–H and O–H groups in total. The third-order valence-corrected chi connectivity index (χ3v) is 10.1. The third-order valence-electron chi connectivity index (χ3n) is 8.51. The Balaban J connectivity index is 2.60. The van der Waals surface area contributed by atoms with E-state index in [0.29, 0.717) is 0 Å². The number of hydrogen-bond donors (Lipinski definition) is 4. The fraction of sp³-hybridized carbons (Fsp3) is 0.472. The van der Waals surface area contributed by atoms with E-state index in [1.165, 1.54) is 14.2 Å². The monoisotopic (exact) mass is 653 g/mol. The van der Waals surface area contributed by atoms with Gasteiger partial charge in [-0.3, -0.25) is 4.90 Å². The van der Waals surface area contributed by atoms with Crippen LogP contribution in [0.1, 0.15) is 57.7 Å². The number of nitriles is 1. The van der Waals surface area contributed by atoms with Gasteiger partial charge in [0, 0.05) is 32.2 Å². The van der Waals surface area contributed by atoms with Gasteiger partial charge in [0.05, 0.1) is 24.2 Å². The fourth-order valence-corrected chi connectivity index (χ4v) is 8.82. The number of rotatable bonds is 17. The first-order valence-corrected chi connectivity index (χ1v) is 17.4. The van der Waals surface area contributed by atoms with Gasteiger partial charge in [0.15, 0.2) is 0 Å². The molecule has 0 aliphatic carbocycles. The highest BCUT2D eigenvalue weighted by atomic mass is 31.2. The summed E-state index contributed by atoms with van der Waals surface area (Å²) in [6.07, 6.45) is -1.22. The Morgan fingerprint density at radius 2 is 1.15 bits per heavy atom. The molecule has 3 aromatic carbocycles. The summed E-state index contributed by atoms with van der Waals surface area (Å²) in [6, 6.07) is 30.8. The molecule has 0 heterocycles. The largest absolute Gasteiger partial charge is 0.412 e. The first-order valence-electron chi connectivity index (χ1n) is 15.6. The molecule has 0 fully saturated rings. The zero-order valence-electron chi connectivity index (χ0n) is 27.9. The second kappa shape index (κ2) is 15.9. The van der Waals surface area contributed by atoms with Crippen LogP contribution in [0.5, 0.6) is 0 Å². The average molecular weight is 654 g/mol. The van der Waals surface area contributed by atoms with Crippen LogP contribution >= 0.6 is 7.94 Å². The molecule has 0 aliphatic rings. The molecule has 3 atom stereocenters. The summed E-state index contributed by atoms with van der Waals surface area (Å²) in [5, 5.41) is 31.4.